The molecule has 0 aromatic heterocycles. The number of fused-ring (bicyclic) bond motifs is 2. The lowest BCUT2D eigenvalue weighted by Gasteiger charge is -2.27. The Hall–Kier alpha value is -5.74. The predicted octanol–water partition coefficient (Wildman–Crippen LogP) is 11.4. The molecule has 2 aliphatic carbocycles. The largest absolute Gasteiger partial charge is 0.426 e. The standard InChI is InChI=1S/C50H46O4/c1-33-11-19-37(20-12-33)39-23-15-35(16-24-39)31-47(51)53-45-29-27-41-7-3-5-9-43(41)49(45)50-44-10-6-4-8-42(44)28-30-46(50)54-48(52)32-36-17-25-40(26-18-36)38-21-13-34(2)14-22-38/h11-30H,3-10,31-32H2,1-2H3. The van der Waals surface area contributed by atoms with Crippen LogP contribution in [-0.4, -0.2) is 11.9 Å². The summed E-state index contributed by atoms with van der Waals surface area (Å²) < 4.78 is 12.6. The van der Waals surface area contributed by atoms with Crippen molar-refractivity contribution in [2.45, 2.75) is 78.1 Å². The van der Waals surface area contributed by atoms with Gasteiger partial charge < -0.3 is 9.47 Å². The second kappa shape index (κ2) is 15.7. The molecule has 0 amide bonds. The Balaban J connectivity index is 1.08. The normalized spacial score (nSPS) is 13.4. The molecule has 0 N–H and O–H groups in total. The van der Waals surface area contributed by atoms with Crippen LogP contribution in [0.15, 0.2) is 121 Å². The molecule has 0 heterocycles. The summed E-state index contributed by atoms with van der Waals surface area (Å²) in [4.78, 5) is 27.4. The van der Waals surface area contributed by atoms with Gasteiger partial charge in [0.05, 0.1) is 12.8 Å². The zero-order valence-electron chi connectivity index (χ0n) is 31.3. The molecule has 6 aromatic rings. The van der Waals surface area contributed by atoms with E-state index in [1.54, 1.807) is 0 Å². The van der Waals surface area contributed by atoms with E-state index in [1.807, 2.05) is 36.4 Å². The number of hydrogen-bond donors (Lipinski definition) is 0. The number of rotatable bonds is 9. The Morgan fingerprint density at radius 1 is 0.426 bits per heavy atom. The van der Waals surface area contributed by atoms with Crippen LogP contribution in [0.5, 0.6) is 11.5 Å². The highest BCUT2D eigenvalue weighted by molar-refractivity contribution is 5.88. The van der Waals surface area contributed by atoms with Crippen LogP contribution < -0.4 is 9.47 Å². The molecule has 0 aliphatic heterocycles. The van der Waals surface area contributed by atoms with Crippen molar-refractivity contribution < 1.29 is 19.1 Å². The summed E-state index contributed by atoms with van der Waals surface area (Å²) in [6.07, 6.45) is 8.43. The van der Waals surface area contributed by atoms with Crippen LogP contribution in [0.4, 0.5) is 0 Å². The quantitative estimate of drug-likeness (QED) is 0.111. The fourth-order valence-corrected chi connectivity index (χ4v) is 8.10. The number of hydrogen-bond acceptors (Lipinski definition) is 4. The summed E-state index contributed by atoms with van der Waals surface area (Å²) in [5.41, 5.74) is 15.6. The van der Waals surface area contributed by atoms with Crippen LogP contribution >= 0.6 is 0 Å². The molecule has 0 bridgehead atoms. The van der Waals surface area contributed by atoms with Gasteiger partial charge in [-0.2, -0.15) is 0 Å². The third kappa shape index (κ3) is 7.79. The second-order valence-electron chi connectivity index (χ2n) is 15.0. The molecule has 4 heteroatoms. The van der Waals surface area contributed by atoms with Gasteiger partial charge in [-0.05, 0) is 133 Å². The van der Waals surface area contributed by atoms with Gasteiger partial charge in [0, 0.05) is 11.1 Å². The van der Waals surface area contributed by atoms with Gasteiger partial charge in [0.1, 0.15) is 11.5 Å². The zero-order chi connectivity index (χ0) is 37.0. The van der Waals surface area contributed by atoms with Crippen LogP contribution in [0.25, 0.3) is 33.4 Å². The van der Waals surface area contributed by atoms with E-state index in [9.17, 15) is 9.59 Å². The molecule has 8 rings (SSSR count). The minimum atomic E-state index is -0.312. The molecule has 0 saturated carbocycles. The number of carbonyl (C=O) groups is 2. The molecule has 0 spiro atoms. The molecule has 54 heavy (non-hydrogen) atoms. The lowest BCUT2D eigenvalue weighted by atomic mass is 9.80. The monoisotopic (exact) mass is 710 g/mol. The third-order valence-electron chi connectivity index (χ3n) is 11.1. The van der Waals surface area contributed by atoms with E-state index in [0.29, 0.717) is 11.5 Å². The van der Waals surface area contributed by atoms with Crippen LogP contribution in [-0.2, 0) is 48.1 Å². The summed E-state index contributed by atoms with van der Waals surface area (Å²) in [5, 5.41) is 0. The Bertz CT molecular complexity index is 2130. The Morgan fingerprint density at radius 2 is 0.759 bits per heavy atom. The van der Waals surface area contributed by atoms with Crippen LogP contribution in [0.3, 0.4) is 0 Å². The first kappa shape index (κ1) is 35.3. The van der Waals surface area contributed by atoms with Crippen LogP contribution in [0, 0.1) is 13.8 Å². The summed E-state index contributed by atoms with van der Waals surface area (Å²) >= 11 is 0. The van der Waals surface area contributed by atoms with Gasteiger partial charge in [-0.1, -0.05) is 120 Å². The Kier molecular flexibility index (Phi) is 10.3. The van der Waals surface area contributed by atoms with Crippen molar-refractivity contribution in [2.75, 3.05) is 0 Å². The number of ether oxygens (including phenoxy) is 2. The van der Waals surface area contributed by atoms with E-state index >= 15 is 0 Å². The molecule has 0 saturated heterocycles. The van der Waals surface area contributed by atoms with Crippen LogP contribution in [0.1, 0.15) is 70.2 Å². The highest BCUT2D eigenvalue weighted by Crippen LogP contribution is 2.47. The molecule has 0 atom stereocenters. The van der Waals surface area contributed by atoms with Crippen molar-refractivity contribution in [3.8, 4) is 44.9 Å². The molecule has 4 nitrogen and oxygen atoms in total. The molecule has 2 aliphatic rings. The maximum Gasteiger partial charge on any atom is 0.315 e. The second-order valence-corrected chi connectivity index (χ2v) is 15.0. The van der Waals surface area contributed by atoms with E-state index in [-0.39, 0.29) is 24.8 Å². The maximum atomic E-state index is 13.7. The Labute approximate surface area is 318 Å². The maximum absolute atomic E-state index is 13.7. The molecule has 6 aromatic carbocycles. The summed E-state index contributed by atoms with van der Waals surface area (Å²) in [6, 6.07) is 41.4. The average Bonchev–Trinajstić information content (AvgIpc) is 3.19. The van der Waals surface area contributed by atoms with Gasteiger partial charge in [0.25, 0.3) is 0 Å². The van der Waals surface area contributed by atoms with E-state index in [0.717, 1.165) is 95.9 Å². The van der Waals surface area contributed by atoms with Crippen molar-refractivity contribution in [3.05, 3.63) is 166 Å². The molecule has 0 fully saturated rings. The van der Waals surface area contributed by atoms with Crippen molar-refractivity contribution >= 4 is 11.9 Å². The van der Waals surface area contributed by atoms with Gasteiger partial charge in [-0.25, -0.2) is 0 Å². The predicted molar refractivity (Wildman–Crippen MR) is 217 cm³/mol. The van der Waals surface area contributed by atoms with Gasteiger partial charge in [-0.15, -0.1) is 0 Å². The SMILES string of the molecule is Cc1ccc(-c2ccc(CC(=O)Oc3ccc4c(c3-c3c(OC(=O)Cc5ccc(-c6ccc(C)cc6)cc5)ccc5c3CCCC5)CCCC4)cc2)cc1. The average molecular weight is 711 g/mol. The summed E-state index contributed by atoms with van der Waals surface area (Å²) in [7, 11) is 0. The van der Waals surface area contributed by atoms with Crippen LogP contribution in [0.2, 0.25) is 0 Å². The van der Waals surface area contributed by atoms with Gasteiger partial charge in [-0.3, -0.25) is 9.59 Å². The zero-order valence-corrected chi connectivity index (χ0v) is 31.3. The minimum absolute atomic E-state index is 0.155. The van der Waals surface area contributed by atoms with E-state index in [2.05, 4.69) is 98.8 Å². The molecular weight excluding hydrogens is 665 g/mol. The molecule has 0 unspecified atom stereocenters. The van der Waals surface area contributed by atoms with E-state index in [1.165, 1.54) is 33.4 Å². The highest BCUT2D eigenvalue weighted by atomic mass is 16.5. The third-order valence-corrected chi connectivity index (χ3v) is 11.1. The van der Waals surface area contributed by atoms with Crippen molar-refractivity contribution in [2.24, 2.45) is 0 Å². The topological polar surface area (TPSA) is 52.6 Å². The fraction of sp³-hybridized carbons (Fsp3) is 0.240. The lowest BCUT2D eigenvalue weighted by molar-refractivity contribution is -0.134. The van der Waals surface area contributed by atoms with Gasteiger partial charge in [0.2, 0.25) is 0 Å². The number of carbonyl (C=O) groups excluding carboxylic acids is 2. The first-order chi connectivity index (χ1) is 26.4. The molecule has 270 valence electrons. The van der Waals surface area contributed by atoms with Crippen molar-refractivity contribution in [1.29, 1.82) is 0 Å². The first-order valence-corrected chi connectivity index (χ1v) is 19.4. The molecule has 0 radical (unpaired) electrons. The highest BCUT2D eigenvalue weighted by Gasteiger charge is 2.28. The van der Waals surface area contributed by atoms with Gasteiger partial charge in [0.15, 0.2) is 0 Å². The Morgan fingerprint density at radius 3 is 1.13 bits per heavy atom. The van der Waals surface area contributed by atoms with E-state index in [4.69, 9.17) is 9.47 Å². The van der Waals surface area contributed by atoms with Crippen molar-refractivity contribution in [1.82, 2.24) is 0 Å². The number of esters is 2. The summed E-state index contributed by atoms with van der Waals surface area (Å²) in [6.45, 7) is 4.17. The first-order valence-electron chi connectivity index (χ1n) is 19.4. The lowest BCUT2D eigenvalue weighted by Crippen LogP contribution is -2.17. The van der Waals surface area contributed by atoms with Crippen molar-refractivity contribution in [3.63, 3.8) is 0 Å². The number of aryl methyl sites for hydroxylation is 4. The fourth-order valence-electron chi connectivity index (χ4n) is 8.10. The van der Waals surface area contributed by atoms with Gasteiger partial charge >= 0.3 is 11.9 Å². The smallest absolute Gasteiger partial charge is 0.315 e. The minimum Gasteiger partial charge on any atom is -0.426 e. The van der Waals surface area contributed by atoms with E-state index < -0.39 is 0 Å². The number of benzene rings is 6. The summed E-state index contributed by atoms with van der Waals surface area (Å²) in [5.74, 6) is 0.458. The molecular formula is C50H46O4.